The molecule has 166 valence electrons. The second-order valence-corrected chi connectivity index (χ2v) is 16.0. The van der Waals surface area contributed by atoms with Crippen LogP contribution in [0.25, 0.3) is 0 Å². The number of hydrogen-bond acceptors (Lipinski definition) is 3. The van der Waals surface area contributed by atoms with Gasteiger partial charge in [-0.25, -0.2) is 0 Å². The molecular formula is C24H43NO3Si. The Bertz CT molecular complexity index is 651. The van der Waals surface area contributed by atoms with Gasteiger partial charge in [0.2, 0.25) is 5.91 Å². The molecule has 0 aromatic carbocycles. The summed E-state index contributed by atoms with van der Waals surface area (Å²) in [6, 6.07) is 0.148. The van der Waals surface area contributed by atoms with E-state index in [0.29, 0.717) is 38.4 Å². The van der Waals surface area contributed by atoms with Crippen LogP contribution in [0.3, 0.4) is 0 Å². The summed E-state index contributed by atoms with van der Waals surface area (Å²) < 4.78 is 12.5. The number of carbonyl (C=O) groups excluding carboxylic acids is 1. The molecule has 0 N–H and O–H groups in total. The van der Waals surface area contributed by atoms with Crippen molar-refractivity contribution in [3.63, 3.8) is 0 Å². The van der Waals surface area contributed by atoms with Crippen molar-refractivity contribution in [1.82, 2.24) is 4.90 Å². The second-order valence-electron chi connectivity index (χ2n) is 11.2. The number of amides is 1. The molecular weight excluding hydrogens is 378 g/mol. The summed E-state index contributed by atoms with van der Waals surface area (Å²) in [7, 11) is -1.77. The van der Waals surface area contributed by atoms with Gasteiger partial charge in [0.05, 0.1) is 18.1 Å². The van der Waals surface area contributed by atoms with Crippen LogP contribution in [-0.2, 0) is 14.0 Å². The molecule has 2 rings (SSSR count). The molecule has 0 unspecified atom stereocenters. The summed E-state index contributed by atoms with van der Waals surface area (Å²) in [6.45, 7) is 27.3. The number of ether oxygens (including phenoxy) is 1. The maximum absolute atomic E-state index is 13.7. The van der Waals surface area contributed by atoms with Crippen molar-refractivity contribution in [3.8, 4) is 0 Å². The molecule has 0 aliphatic carbocycles. The van der Waals surface area contributed by atoms with Gasteiger partial charge >= 0.3 is 0 Å². The van der Waals surface area contributed by atoms with Crippen LogP contribution in [0, 0.1) is 11.3 Å². The molecule has 2 saturated heterocycles. The van der Waals surface area contributed by atoms with Crippen molar-refractivity contribution < 1.29 is 14.0 Å². The predicted octanol–water partition coefficient (Wildman–Crippen LogP) is 5.91. The summed E-state index contributed by atoms with van der Waals surface area (Å²) in [5, 5.41) is 0.197. The first-order valence-electron chi connectivity index (χ1n) is 11.1. The summed E-state index contributed by atoms with van der Waals surface area (Å²) >= 11 is 0. The first kappa shape index (κ1) is 24.4. The van der Waals surface area contributed by atoms with Crippen molar-refractivity contribution in [2.75, 3.05) is 13.2 Å². The van der Waals surface area contributed by atoms with Crippen LogP contribution in [0.2, 0.25) is 18.1 Å². The first-order valence-corrected chi connectivity index (χ1v) is 14.0. The zero-order chi connectivity index (χ0) is 22.3. The Morgan fingerprint density at radius 1 is 1.41 bits per heavy atom. The van der Waals surface area contributed by atoms with Gasteiger partial charge in [0.15, 0.2) is 8.32 Å². The minimum atomic E-state index is -1.77. The lowest BCUT2D eigenvalue weighted by Crippen LogP contribution is -2.46. The molecule has 2 aliphatic heterocycles. The second kappa shape index (κ2) is 8.31. The number of nitrogens with zero attached hydrogens (tertiary/aromatic N) is 1. The van der Waals surface area contributed by atoms with Gasteiger partial charge in [-0.1, -0.05) is 52.8 Å². The Hall–Kier alpha value is -0.913. The van der Waals surface area contributed by atoms with Crippen LogP contribution in [0.5, 0.6) is 0 Å². The molecule has 0 spiro atoms. The Morgan fingerprint density at radius 2 is 2.03 bits per heavy atom. The highest BCUT2D eigenvalue weighted by Crippen LogP contribution is 2.53. The highest BCUT2D eigenvalue weighted by atomic mass is 28.4. The molecule has 3 atom stereocenters. The van der Waals surface area contributed by atoms with Crippen molar-refractivity contribution in [2.24, 2.45) is 11.3 Å². The predicted molar refractivity (Wildman–Crippen MR) is 123 cm³/mol. The molecule has 5 heteroatoms. The molecule has 4 nitrogen and oxygen atoms in total. The van der Waals surface area contributed by atoms with E-state index in [0.717, 1.165) is 12.0 Å². The van der Waals surface area contributed by atoms with Crippen LogP contribution < -0.4 is 0 Å². The number of fused-ring (bicyclic) bond motifs is 1. The molecule has 0 bridgehead atoms. The van der Waals surface area contributed by atoms with E-state index >= 15 is 0 Å². The summed E-state index contributed by atoms with van der Waals surface area (Å²) in [6.07, 6.45) is 4.72. The molecule has 0 saturated carbocycles. The zero-order valence-corrected chi connectivity index (χ0v) is 21.1. The largest absolute Gasteiger partial charge is 0.417 e. The Kier molecular flexibility index (Phi) is 6.98. The lowest BCUT2D eigenvalue weighted by Gasteiger charge is -2.36. The van der Waals surface area contributed by atoms with E-state index in [-0.39, 0.29) is 17.0 Å². The van der Waals surface area contributed by atoms with Crippen LogP contribution in [0.4, 0.5) is 0 Å². The van der Waals surface area contributed by atoms with E-state index in [1.807, 2.05) is 11.0 Å². The Balaban J connectivity index is 2.09. The first-order chi connectivity index (χ1) is 13.2. The highest BCUT2D eigenvalue weighted by Gasteiger charge is 2.62. The monoisotopic (exact) mass is 421 g/mol. The van der Waals surface area contributed by atoms with E-state index in [4.69, 9.17) is 9.16 Å². The quantitative estimate of drug-likeness (QED) is 0.343. The summed E-state index contributed by atoms with van der Waals surface area (Å²) in [5.74, 6) is 0.587. The van der Waals surface area contributed by atoms with Crippen molar-refractivity contribution in [2.45, 2.75) is 97.1 Å². The minimum Gasteiger partial charge on any atom is -0.417 e. The fourth-order valence-electron chi connectivity index (χ4n) is 4.59. The van der Waals surface area contributed by atoms with E-state index in [1.165, 1.54) is 0 Å². The zero-order valence-electron chi connectivity index (χ0n) is 20.1. The molecule has 1 amide bonds. The Labute approximate surface area is 179 Å². The van der Waals surface area contributed by atoms with Crippen LogP contribution >= 0.6 is 0 Å². The van der Waals surface area contributed by atoms with Gasteiger partial charge in [0.1, 0.15) is 5.72 Å². The third kappa shape index (κ3) is 4.72. The van der Waals surface area contributed by atoms with Gasteiger partial charge in [-0.2, -0.15) is 0 Å². The number of allylic oxidation sites excluding steroid dienone is 1. The number of rotatable bonds is 9. The van der Waals surface area contributed by atoms with Gasteiger partial charge < -0.3 is 14.1 Å². The lowest BCUT2D eigenvalue weighted by atomic mass is 9.75. The smallest absolute Gasteiger partial charge is 0.232 e. The van der Waals surface area contributed by atoms with Crippen LogP contribution in [0.15, 0.2) is 24.8 Å². The van der Waals surface area contributed by atoms with Gasteiger partial charge in [-0.3, -0.25) is 4.79 Å². The average molecular weight is 422 g/mol. The van der Waals surface area contributed by atoms with E-state index in [1.54, 1.807) is 0 Å². The molecule has 2 heterocycles. The van der Waals surface area contributed by atoms with Gasteiger partial charge in [-0.05, 0) is 50.2 Å². The van der Waals surface area contributed by atoms with Crippen LogP contribution in [-0.4, -0.2) is 44.1 Å². The molecule has 0 radical (unpaired) electrons. The highest BCUT2D eigenvalue weighted by molar-refractivity contribution is 6.74. The Morgan fingerprint density at radius 3 is 2.55 bits per heavy atom. The van der Waals surface area contributed by atoms with Crippen molar-refractivity contribution >= 4 is 14.2 Å². The maximum atomic E-state index is 13.7. The van der Waals surface area contributed by atoms with Crippen molar-refractivity contribution in [3.05, 3.63) is 24.8 Å². The fraction of sp³-hybridized carbons (Fsp3) is 0.792. The number of hydrogen-bond donors (Lipinski definition) is 0. The third-order valence-corrected chi connectivity index (χ3v) is 11.9. The molecule has 2 fully saturated rings. The van der Waals surface area contributed by atoms with E-state index in [2.05, 4.69) is 67.8 Å². The number of carbonyl (C=O) groups is 1. The maximum Gasteiger partial charge on any atom is 0.232 e. The fourth-order valence-corrected chi connectivity index (χ4v) is 5.64. The molecule has 0 aromatic heterocycles. The summed E-state index contributed by atoms with van der Waals surface area (Å²) in [5.41, 5.74) is 0.0928. The van der Waals surface area contributed by atoms with E-state index < -0.39 is 19.5 Å². The standard InChI is InChI=1S/C24H43NO3Si/c1-11-13-24(15-19(4)12-14-28-29(9,10)22(5,6)7)17-23(8)25(21(24)26)20(16-27-23)18(2)3/h11,18,20H,1,4,12-17H2,2-3,5-10H3/t20-,23-,24-/m1/s1. The van der Waals surface area contributed by atoms with Crippen molar-refractivity contribution in [1.29, 1.82) is 0 Å². The third-order valence-electron chi connectivity index (χ3n) is 7.36. The molecule has 0 aromatic rings. The summed E-state index contributed by atoms with van der Waals surface area (Å²) in [4.78, 5) is 15.7. The van der Waals surface area contributed by atoms with Crippen LogP contribution in [0.1, 0.15) is 67.2 Å². The average Bonchev–Trinajstić information content (AvgIpc) is 2.98. The van der Waals surface area contributed by atoms with Gasteiger partial charge in [-0.15, -0.1) is 6.58 Å². The topological polar surface area (TPSA) is 38.8 Å². The van der Waals surface area contributed by atoms with Gasteiger partial charge in [0, 0.05) is 13.0 Å². The minimum absolute atomic E-state index is 0.148. The van der Waals surface area contributed by atoms with E-state index in [9.17, 15) is 4.79 Å². The van der Waals surface area contributed by atoms with Gasteiger partial charge in [0.25, 0.3) is 0 Å². The normalized spacial score (nSPS) is 30.2. The SMILES string of the molecule is C=CC[C@@]1(CC(=C)CCO[Si](C)(C)C(C)(C)C)C[C@@]2(C)OC[C@H](C(C)C)N2C1=O. The molecule has 29 heavy (non-hydrogen) atoms. The molecule has 2 aliphatic rings. The lowest BCUT2D eigenvalue weighted by molar-refractivity contribution is -0.142.